The van der Waals surface area contributed by atoms with Gasteiger partial charge in [0.1, 0.15) is 5.75 Å². The molecule has 0 unspecified atom stereocenters. The first kappa shape index (κ1) is 18.4. The van der Waals surface area contributed by atoms with Gasteiger partial charge in [0.25, 0.3) is 0 Å². The van der Waals surface area contributed by atoms with Crippen molar-refractivity contribution in [3.8, 4) is 5.75 Å². The van der Waals surface area contributed by atoms with Crippen LogP contribution in [0.1, 0.15) is 64.2 Å². The van der Waals surface area contributed by atoms with Gasteiger partial charge in [-0.2, -0.15) is 0 Å². The quantitative estimate of drug-likeness (QED) is 0.558. The Hall–Kier alpha value is -1.42. The van der Waals surface area contributed by atoms with E-state index >= 15 is 0 Å². The summed E-state index contributed by atoms with van der Waals surface area (Å²) in [7, 11) is 1.68. The van der Waals surface area contributed by atoms with Crippen LogP contribution >= 0.6 is 11.6 Å². The van der Waals surface area contributed by atoms with Crippen LogP contribution in [0.2, 0.25) is 5.02 Å². The van der Waals surface area contributed by atoms with E-state index in [1.165, 1.54) is 64.2 Å². The lowest BCUT2D eigenvalue weighted by Gasteiger charge is -2.27. The molecule has 0 radical (unpaired) electrons. The summed E-state index contributed by atoms with van der Waals surface area (Å²) >= 11 is 6.19. The molecule has 5 heteroatoms. The van der Waals surface area contributed by atoms with E-state index in [1.807, 2.05) is 18.2 Å². The molecule has 0 atom stereocenters. The number of guanidine groups is 1. The number of halogens is 1. The lowest BCUT2D eigenvalue weighted by molar-refractivity contribution is 0.407. The van der Waals surface area contributed by atoms with Crippen molar-refractivity contribution in [2.75, 3.05) is 12.4 Å². The topological polar surface area (TPSA) is 45.6 Å². The molecule has 1 aromatic rings. The van der Waals surface area contributed by atoms with E-state index in [-0.39, 0.29) is 0 Å². The Labute approximate surface area is 156 Å². The Morgan fingerprint density at radius 2 is 1.72 bits per heavy atom. The summed E-state index contributed by atoms with van der Waals surface area (Å²) in [5.74, 6) is 1.66. The van der Waals surface area contributed by atoms with Crippen molar-refractivity contribution < 1.29 is 4.74 Å². The van der Waals surface area contributed by atoms with Crippen molar-refractivity contribution in [3.05, 3.63) is 23.2 Å². The summed E-state index contributed by atoms with van der Waals surface area (Å²) in [5.41, 5.74) is 0.868. The van der Waals surface area contributed by atoms with Crippen molar-refractivity contribution >= 4 is 23.2 Å². The minimum Gasteiger partial charge on any atom is -0.495 e. The van der Waals surface area contributed by atoms with Crippen LogP contribution in [0.4, 0.5) is 5.69 Å². The molecule has 0 bridgehead atoms. The zero-order chi connectivity index (χ0) is 17.5. The van der Waals surface area contributed by atoms with E-state index < -0.39 is 0 Å². The van der Waals surface area contributed by atoms with Crippen molar-refractivity contribution in [2.24, 2.45) is 4.99 Å². The van der Waals surface area contributed by atoms with Gasteiger partial charge < -0.3 is 15.4 Å². The normalized spacial score (nSPS) is 20.3. The zero-order valence-corrected chi connectivity index (χ0v) is 15.9. The second-order valence-electron chi connectivity index (χ2n) is 7.22. The molecular formula is C20H30ClN3O. The lowest BCUT2D eigenvalue weighted by Crippen LogP contribution is -2.41. The SMILES string of the molecule is COc1ccc(Cl)cc1NC(=NC1CCCCC1)NC1CCCCC1. The molecule has 2 saturated carbocycles. The second kappa shape index (κ2) is 9.33. The van der Waals surface area contributed by atoms with Gasteiger partial charge in [-0.15, -0.1) is 0 Å². The van der Waals surface area contributed by atoms with Gasteiger partial charge in [0.2, 0.25) is 0 Å². The molecule has 138 valence electrons. The number of benzene rings is 1. The average molecular weight is 364 g/mol. The maximum atomic E-state index is 6.19. The molecule has 4 nitrogen and oxygen atoms in total. The van der Waals surface area contributed by atoms with Crippen molar-refractivity contribution in [2.45, 2.75) is 76.3 Å². The van der Waals surface area contributed by atoms with E-state index in [1.54, 1.807) is 7.11 Å². The van der Waals surface area contributed by atoms with Crippen molar-refractivity contribution in [1.82, 2.24) is 5.32 Å². The van der Waals surface area contributed by atoms with Crippen LogP contribution in [0.3, 0.4) is 0 Å². The smallest absolute Gasteiger partial charge is 0.196 e. The number of hydrogen-bond donors (Lipinski definition) is 2. The molecular weight excluding hydrogens is 334 g/mol. The third-order valence-electron chi connectivity index (χ3n) is 5.25. The zero-order valence-electron chi connectivity index (χ0n) is 15.2. The lowest BCUT2D eigenvalue weighted by atomic mass is 9.95. The van der Waals surface area contributed by atoms with Crippen molar-refractivity contribution in [3.63, 3.8) is 0 Å². The maximum absolute atomic E-state index is 6.19. The third kappa shape index (κ3) is 5.53. The molecule has 0 spiro atoms. The first-order valence-electron chi connectivity index (χ1n) is 9.69. The fourth-order valence-electron chi connectivity index (χ4n) is 3.84. The van der Waals surface area contributed by atoms with E-state index in [2.05, 4.69) is 10.6 Å². The predicted octanol–water partition coefficient (Wildman–Crippen LogP) is 5.37. The van der Waals surface area contributed by atoms with Crippen LogP contribution in [-0.4, -0.2) is 25.2 Å². The van der Waals surface area contributed by atoms with Crippen LogP contribution in [0.15, 0.2) is 23.2 Å². The standard InChI is InChI=1S/C20H30ClN3O/c1-25-19-13-12-15(21)14-18(19)24-20(22-16-8-4-2-5-9-16)23-17-10-6-3-7-11-17/h12-14,16-17H,2-11H2,1H3,(H2,22,23,24). The first-order valence-corrected chi connectivity index (χ1v) is 10.1. The minimum absolute atomic E-state index is 0.414. The maximum Gasteiger partial charge on any atom is 0.196 e. The van der Waals surface area contributed by atoms with Gasteiger partial charge in [-0.3, -0.25) is 0 Å². The highest BCUT2D eigenvalue weighted by Crippen LogP contribution is 2.28. The van der Waals surface area contributed by atoms with Gasteiger partial charge in [0.05, 0.1) is 18.8 Å². The minimum atomic E-state index is 0.414. The number of ether oxygens (including phenoxy) is 1. The summed E-state index contributed by atoms with van der Waals surface area (Å²) < 4.78 is 5.48. The highest BCUT2D eigenvalue weighted by atomic mass is 35.5. The Balaban J connectivity index is 1.77. The highest BCUT2D eigenvalue weighted by molar-refractivity contribution is 6.31. The summed E-state index contributed by atoms with van der Waals surface area (Å²) in [6, 6.07) is 6.56. The van der Waals surface area contributed by atoms with Crippen molar-refractivity contribution in [1.29, 1.82) is 0 Å². The fourth-order valence-corrected chi connectivity index (χ4v) is 4.02. The number of methoxy groups -OCH3 is 1. The molecule has 0 aromatic heterocycles. The Kier molecular flexibility index (Phi) is 6.85. The fraction of sp³-hybridized carbons (Fsp3) is 0.650. The molecule has 3 rings (SSSR count). The third-order valence-corrected chi connectivity index (χ3v) is 5.48. The molecule has 2 fully saturated rings. The van der Waals surface area contributed by atoms with Gasteiger partial charge in [-0.05, 0) is 43.9 Å². The number of hydrogen-bond acceptors (Lipinski definition) is 2. The molecule has 0 aliphatic heterocycles. The molecule has 25 heavy (non-hydrogen) atoms. The second-order valence-corrected chi connectivity index (χ2v) is 7.65. The number of anilines is 1. The number of nitrogens with one attached hydrogen (secondary N) is 2. The highest BCUT2D eigenvalue weighted by Gasteiger charge is 2.18. The van der Waals surface area contributed by atoms with Gasteiger partial charge >= 0.3 is 0 Å². The van der Waals surface area contributed by atoms with Crippen LogP contribution in [-0.2, 0) is 0 Å². The van der Waals surface area contributed by atoms with E-state index in [4.69, 9.17) is 21.3 Å². The molecule has 0 amide bonds. The van der Waals surface area contributed by atoms with Gasteiger partial charge in [-0.1, -0.05) is 50.1 Å². The van der Waals surface area contributed by atoms with Gasteiger partial charge in [0.15, 0.2) is 5.96 Å². The molecule has 2 N–H and O–H groups in total. The van der Waals surface area contributed by atoms with Crippen LogP contribution in [0, 0.1) is 0 Å². The number of rotatable bonds is 4. The van der Waals surface area contributed by atoms with E-state index in [0.717, 1.165) is 17.4 Å². The van der Waals surface area contributed by atoms with Crippen LogP contribution < -0.4 is 15.4 Å². The summed E-state index contributed by atoms with van der Waals surface area (Å²) in [5, 5.41) is 7.82. The molecule has 0 heterocycles. The largest absolute Gasteiger partial charge is 0.495 e. The Morgan fingerprint density at radius 1 is 1.04 bits per heavy atom. The number of nitrogens with zero attached hydrogens (tertiary/aromatic N) is 1. The van der Waals surface area contributed by atoms with Crippen LogP contribution in [0.5, 0.6) is 5.75 Å². The van der Waals surface area contributed by atoms with Crippen LogP contribution in [0.25, 0.3) is 0 Å². The molecule has 2 aliphatic carbocycles. The molecule has 0 saturated heterocycles. The summed E-state index contributed by atoms with van der Waals surface area (Å²) in [6.07, 6.45) is 12.7. The Bertz CT molecular complexity index is 578. The average Bonchev–Trinajstić information content (AvgIpc) is 2.63. The summed E-state index contributed by atoms with van der Waals surface area (Å²) in [6.45, 7) is 0. The monoisotopic (exact) mass is 363 g/mol. The molecule has 1 aromatic carbocycles. The van der Waals surface area contributed by atoms with E-state index in [9.17, 15) is 0 Å². The Morgan fingerprint density at radius 3 is 2.40 bits per heavy atom. The number of aliphatic imine (C=N–C) groups is 1. The first-order chi connectivity index (χ1) is 12.2. The van der Waals surface area contributed by atoms with E-state index in [0.29, 0.717) is 17.1 Å². The van der Waals surface area contributed by atoms with Gasteiger partial charge in [0, 0.05) is 11.1 Å². The predicted molar refractivity (Wildman–Crippen MR) is 106 cm³/mol. The van der Waals surface area contributed by atoms with Gasteiger partial charge in [-0.25, -0.2) is 4.99 Å². The molecule has 2 aliphatic rings. The summed E-state index contributed by atoms with van der Waals surface area (Å²) in [4.78, 5) is 5.03.